The van der Waals surface area contributed by atoms with Crippen LogP contribution in [-0.2, 0) is 10.0 Å². The molecule has 0 aromatic carbocycles. The molecule has 0 aromatic heterocycles. The first kappa shape index (κ1) is 11.0. The van der Waals surface area contributed by atoms with Crippen molar-refractivity contribution in [3.05, 3.63) is 0 Å². The van der Waals surface area contributed by atoms with Gasteiger partial charge in [-0.05, 0) is 24.7 Å². The number of hydrogen-bond donors (Lipinski definition) is 1. The summed E-state index contributed by atoms with van der Waals surface area (Å²) in [5, 5.41) is 0. The molecule has 1 aliphatic rings. The van der Waals surface area contributed by atoms with Gasteiger partial charge >= 0.3 is 0 Å². The summed E-state index contributed by atoms with van der Waals surface area (Å²) in [4.78, 5) is 0. The minimum Gasteiger partial charge on any atom is -0.215 e. The van der Waals surface area contributed by atoms with E-state index in [9.17, 15) is 8.42 Å². The number of sulfonamides is 1. The molecule has 0 spiro atoms. The van der Waals surface area contributed by atoms with E-state index in [4.69, 9.17) is 0 Å². The predicted molar refractivity (Wildman–Crippen MR) is 54.0 cm³/mol. The summed E-state index contributed by atoms with van der Waals surface area (Å²) in [6.07, 6.45) is 4.24. The van der Waals surface area contributed by atoms with E-state index in [1.54, 1.807) is 0 Å². The Morgan fingerprint density at radius 3 is 2.38 bits per heavy atom. The fraction of sp³-hybridized carbons (Fsp3) is 1.00. The predicted octanol–water partition coefficient (Wildman–Crippen LogP) is 1.51. The number of rotatable bonds is 5. The second-order valence-corrected chi connectivity index (χ2v) is 6.23. The van der Waals surface area contributed by atoms with Crippen LogP contribution in [0.15, 0.2) is 0 Å². The highest BCUT2D eigenvalue weighted by atomic mass is 32.2. The summed E-state index contributed by atoms with van der Waals surface area (Å²) in [5.74, 6) is 0.253. The Hall–Kier alpha value is -0.0900. The molecule has 0 amide bonds. The molecule has 0 aliphatic heterocycles. The third kappa shape index (κ3) is 3.27. The second-order valence-electron chi connectivity index (χ2n) is 4.30. The molecule has 13 heavy (non-hydrogen) atoms. The van der Waals surface area contributed by atoms with Gasteiger partial charge in [-0.15, -0.1) is 0 Å². The Balaban J connectivity index is 2.33. The lowest BCUT2D eigenvalue weighted by molar-refractivity contribution is 0.166. The lowest BCUT2D eigenvalue weighted by Gasteiger charge is -2.38. The van der Waals surface area contributed by atoms with Gasteiger partial charge in [-0.2, -0.15) is 0 Å². The van der Waals surface area contributed by atoms with Crippen LogP contribution in [0.4, 0.5) is 0 Å². The van der Waals surface area contributed by atoms with Gasteiger partial charge in [0.05, 0.1) is 5.75 Å². The summed E-state index contributed by atoms with van der Waals surface area (Å²) in [5.41, 5.74) is 0.237. The highest BCUT2D eigenvalue weighted by Crippen LogP contribution is 2.39. The van der Waals surface area contributed by atoms with Gasteiger partial charge in [0.2, 0.25) is 10.0 Å². The summed E-state index contributed by atoms with van der Waals surface area (Å²) in [6.45, 7) is 4.64. The van der Waals surface area contributed by atoms with Crippen molar-refractivity contribution < 1.29 is 8.42 Å². The average molecular weight is 205 g/mol. The lowest BCUT2D eigenvalue weighted by Crippen LogP contribution is -2.40. The molecule has 1 rings (SSSR count). The van der Waals surface area contributed by atoms with Crippen molar-refractivity contribution in [2.75, 3.05) is 12.3 Å². The van der Waals surface area contributed by atoms with Crippen molar-refractivity contribution >= 4 is 10.0 Å². The van der Waals surface area contributed by atoms with Crippen molar-refractivity contribution in [2.24, 2.45) is 5.41 Å². The molecule has 0 saturated heterocycles. The van der Waals surface area contributed by atoms with Gasteiger partial charge in [0.1, 0.15) is 0 Å². The minimum atomic E-state index is -2.99. The molecule has 78 valence electrons. The maximum absolute atomic E-state index is 11.3. The van der Waals surface area contributed by atoms with Crippen molar-refractivity contribution in [1.29, 1.82) is 0 Å². The topological polar surface area (TPSA) is 46.2 Å². The fourth-order valence-electron chi connectivity index (χ4n) is 1.58. The van der Waals surface area contributed by atoms with Crippen LogP contribution >= 0.6 is 0 Å². The molecule has 0 bridgehead atoms. The van der Waals surface area contributed by atoms with Gasteiger partial charge in [0, 0.05) is 6.54 Å². The van der Waals surface area contributed by atoms with Gasteiger partial charge in [-0.3, -0.25) is 0 Å². The van der Waals surface area contributed by atoms with E-state index < -0.39 is 10.0 Å². The summed E-state index contributed by atoms with van der Waals surface area (Å²) in [6, 6.07) is 0. The standard InChI is InChI=1S/C9H19NO2S/c1-3-7-13(11,12)10-8-9(2)5-4-6-9/h10H,3-8H2,1-2H3. The molecule has 1 fully saturated rings. The average Bonchev–Trinajstić information content (AvgIpc) is 1.97. The molecular formula is C9H19NO2S. The molecular weight excluding hydrogens is 186 g/mol. The smallest absolute Gasteiger partial charge is 0.211 e. The molecule has 0 atom stereocenters. The number of nitrogens with one attached hydrogen (secondary N) is 1. The van der Waals surface area contributed by atoms with Crippen LogP contribution in [0.3, 0.4) is 0 Å². The van der Waals surface area contributed by atoms with Gasteiger partial charge < -0.3 is 0 Å². The van der Waals surface area contributed by atoms with E-state index >= 15 is 0 Å². The normalized spacial score (nSPS) is 21.1. The fourth-order valence-corrected chi connectivity index (χ4v) is 2.83. The monoisotopic (exact) mass is 205 g/mol. The zero-order chi connectivity index (χ0) is 9.95. The minimum absolute atomic E-state index is 0.237. The van der Waals surface area contributed by atoms with E-state index in [1.165, 1.54) is 6.42 Å². The van der Waals surface area contributed by atoms with Crippen LogP contribution in [0.1, 0.15) is 39.5 Å². The molecule has 4 heteroatoms. The molecule has 1 N–H and O–H groups in total. The maximum atomic E-state index is 11.3. The Morgan fingerprint density at radius 2 is 2.00 bits per heavy atom. The Bertz CT molecular complexity index is 255. The zero-order valence-corrected chi connectivity index (χ0v) is 9.28. The van der Waals surface area contributed by atoms with E-state index in [0.29, 0.717) is 13.0 Å². The first-order valence-electron chi connectivity index (χ1n) is 4.95. The van der Waals surface area contributed by atoms with Crippen molar-refractivity contribution in [2.45, 2.75) is 39.5 Å². The SMILES string of the molecule is CCCS(=O)(=O)NCC1(C)CCC1. The van der Waals surface area contributed by atoms with Crippen LogP contribution in [0.2, 0.25) is 0 Å². The van der Waals surface area contributed by atoms with Crippen molar-refractivity contribution in [3.63, 3.8) is 0 Å². The molecule has 3 nitrogen and oxygen atoms in total. The van der Waals surface area contributed by atoms with Crippen molar-refractivity contribution in [1.82, 2.24) is 4.72 Å². The third-order valence-electron chi connectivity index (χ3n) is 2.75. The highest BCUT2D eigenvalue weighted by molar-refractivity contribution is 7.89. The van der Waals surface area contributed by atoms with Crippen LogP contribution in [0.25, 0.3) is 0 Å². The van der Waals surface area contributed by atoms with Gasteiger partial charge in [-0.25, -0.2) is 13.1 Å². The molecule has 0 radical (unpaired) electrons. The maximum Gasteiger partial charge on any atom is 0.211 e. The Kier molecular flexibility index (Phi) is 3.35. The Labute approximate surface area is 81.0 Å². The van der Waals surface area contributed by atoms with Gasteiger partial charge in [-0.1, -0.05) is 20.3 Å². The van der Waals surface area contributed by atoms with E-state index in [0.717, 1.165) is 12.8 Å². The third-order valence-corrected chi connectivity index (χ3v) is 4.28. The van der Waals surface area contributed by atoms with E-state index in [-0.39, 0.29) is 11.2 Å². The summed E-state index contributed by atoms with van der Waals surface area (Å²) < 4.78 is 25.3. The van der Waals surface area contributed by atoms with E-state index in [1.807, 2.05) is 6.92 Å². The van der Waals surface area contributed by atoms with Crippen LogP contribution in [0, 0.1) is 5.41 Å². The summed E-state index contributed by atoms with van der Waals surface area (Å²) in [7, 11) is -2.99. The second kappa shape index (κ2) is 3.96. The first-order valence-corrected chi connectivity index (χ1v) is 6.60. The van der Waals surface area contributed by atoms with Crippen LogP contribution < -0.4 is 4.72 Å². The quantitative estimate of drug-likeness (QED) is 0.739. The van der Waals surface area contributed by atoms with Crippen LogP contribution in [0.5, 0.6) is 0 Å². The highest BCUT2D eigenvalue weighted by Gasteiger charge is 2.32. The lowest BCUT2D eigenvalue weighted by atomic mass is 9.71. The van der Waals surface area contributed by atoms with Gasteiger partial charge in [0.25, 0.3) is 0 Å². The van der Waals surface area contributed by atoms with E-state index in [2.05, 4.69) is 11.6 Å². The Morgan fingerprint density at radius 1 is 1.38 bits per heavy atom. The molecule has 0 aromatic rings. The zero-order valence-electron chi connectivity index (χ0n) is 8.47. The largest absolute Gasteiger partial charge is 0.215 e. The molecule has 1 saturated carbocycles. The van der Waals surface area contributed by atoms with Crippen LogP contribution in [-0.4, -0.2) is 20.7 Å². The summed E-state index contributed by atoms with van der Waals surface area (Å²) >= 11 is 0. The first-order chi connectivity index (χ1) is 5.97. The number of hydrogen-bond acceptors (Lipinski definition) is 2. The van der Waals surface area contributed by atoms with Crippen molar-refractivity contribution in [3.8, 4) is 0 Å². The molecule has 0 heterocycles. The molecule has 0 unspecified atom stereocenters. The van der Waals surface area contributed by atoms with Gasteiger partial charge in [0.15, 0.2) is 0 Å². The molecule has 1 aliphatic carbocycles.